The Morgan fingerprint density at radius 3 is 2.07 bits per heavy atom. The van der Waals surface area contributed by atoms with Crippen LogP contribution < -0.4 is 9.80 Å². The van der Waals surface area contributed by atoms with Crippen LogP contribution in [-0.2, 0) is 14.2 Å². The molecule has 10 nitrogen and oxygen atoms in total. The number of carbonyl (C=O) groups excluding carboxylic acids is 1. The number of aromatic nitrogens is 4. The molecule has 0 bridgehead atoms. The highest BCUT2D eigenvalue weighted by atomic mass is 16.5. The summed E-state index contributed by atoms with van der Waals surface area (Å²) in [5.41, 5.74) is 0.892. The van der Waals surface area contributed by atoms with Gasteiger partial charge in [-0.25, -0.2) is 9.78 Å². The predicted octanol–water partition coefficient (Wildman–Crippen LogP) is 0.393. The number of ether oxygens (including phenoxy) is 3. The first kappa shape index (κ1) is 18.5. The number of hydrogen-bond donors (Lipinski definition) is 0. The molecule has 2 fully saturated rings. The highest BCUT2D eigenvalue weighted by Gasteiger charge is 2.21. The van der Waals surface area contributed by atoms with Crippen molar-refractivity contribution in [3.8, 4) is 11.4 Å². The number of methoxy groups -OCH3 is 1. The van der Waals surface area contributed by atoms with E-state index in [1.54, 1.807) is 18.3 Å². The second-order valence-electron chi connectivity index (χ2n) is 6.38. The van der Waals surface area contributed by atoms with Gasteiger partial charge >= 0.3 is 5.97 Å². The molecule has 148 valence electrons. The summed E-state index contributed by atoms with van der Waals surface area (Å²) in [5.74, 6) is 1.20. The van der Waals surface area contributed by atoms with E-state index in [0.717, 1.165) is 26.2 Å². The minimum Gasteiger partial charge on any atom is -0.464 e. The largest absolute Gasteiger partial charge is 0.464 e. The van der Waals surface area contributed by atoms with Crippen LogP contribution in [0.2, 0.25) is 0 Å². The predicted molar refractivity (Wildman–Crippen MR) is 100 cm³/mol. The Labute approximate surface area is 162 Å². The van der Waals surface area contributed by atoms with E-state index < -0.39 is 5.97 Å². The summed E-state index contributed by atoms with van der Waals surface area (Å²) in [6, 6.07) is 3.40. The molecule has 0 amide bonds. The summed E-state index contributed by atoms with van der Waals surface area (Å²) in [6.07, 6.45) is 1.55. The topological polar surface area (TPSA) is 103 Å². The minimum absolute atomic E-state index is 0.209. The van der Waals surface area contributed by atoms with Gasteiger partial charge in [0.05, 0.1) is 33.5 Å². The summed E-state index contributed by atoms with van der Waals surface area (Å²) < 4.78 is 15.6. The van der Waals surface area contributed by atoms with Gasteiger partial charge in [0.2, 0.25) is 11.9 Å². The molecule has 0 radical (unpaired) electrons. The number of carbonyl (C=O) groups is 1. The summed E-state index contributed by atoms with van der Waals surface area (Å²) in [5, 5.41) is 0. The molecule has 0 unspecified atom stereocenters. The molecule has 0 aliphatic carbocycles. The Morgan fingerprint density at radius 1 is 0.964 bits per heavy atom. The van der Waals surface area contributed by atoms with Gasteiger partial charge in [0.1, 0.15) is 5.69 Å². The Balaban J connectivity index is 1.73. The number of pyridine rings is 1. The Bertz CT molecular complexity index is 800. The van der Waals surface area contributed by atoms with Gasteiger partial charge in [-0.3, -0.25) is 0 Å². The molecule has 2 saturated heterocycles. The van der Waals surface area contributed by atoms with Gasteiger partial charge in [0.25, 0.3) is 0 Å². The maximum absolute atomic E-state index is 11.8. The SMILES string of the molecule is COC(=O)c1cc(-c2nc(N3CCOCC3)nc(N3CCOCC3)n2)ccn1. The lowest BCUT2D eigenvalue weighted by atomic mass is 10.2. The van der Waals surface area contributed by atoms with Crippen molar-refractivity contribution in [1.29, 1.82) is 0 Å². The van der Waals surface area contributed by atoms with Crippen LogP contribution >= 0.6 is 0 Å². The van der Waals surface area contributed by atoms with Crippen LogP contribution in [-0.4, -0.2) is 85.6 Å². The van der Waals surface area contributed by atoms with Gasteiger partial charge < -0.3 is 24.0 Å². The number of nitrogens with zero attached hydrogens (tertiary/aromatic N) is 6. The molecule has 0 spiro atoms. The maximum atomic E-state index is 11.8. The molecular formula is C18H22N6O4. The van der Waals surface area contributed by atoms with Crippen molar-refractivity contribution in [3.63, 3.8) is 0 Å². The Hall–Kier alpha value is -2.85. The maximum Gasteiger partial charge on any atom is 0.356 e. The molecular weight excluding hydrogens is 364 g/mol. The number of morpholine rings is 2. The quantitative estimate of drug-likeness (QED) is 0.686. The molecule has 2 aliphatic heterocycles. The molecule has 0 saturated carbocycles. The van der Waals surface area contributed by atoms with Crippen LogP contribution in [0.5, 0.6) is 0 Å². The Morgan fingerprint density at radius 2 is 1.54 bits per heavy atom. The van der Waals surface area contributed by atoms with Gasteiger partial charge in [0, 0.05) is 37.9 Å². The van der Waals surface area contributed by atoms with Crippen molar-refractivity contribution in [2.45, 2.75) is 0 Å². The van der Waals surface area contributed by atoms with E-state index in [0.29, 0.717) is 49.7 Å². The summed E-state index contributed by atoms with van der Waals surface area (Å²) in [4.78, 5) is 34.1. The fraction of sp³-hybridized carbons (Fsp3) is 0.500. The standard InChI is InChI=1S/C18H22N6O4/c1-26-16(25)14-12-13(2-3-19-14)15-20-17(23-4-8-27-9-5-23)22-18(21-15)24-6-10-28-11-7-24/h2-3,12H,4-11H2,1H3. The van der Waals surface area contributed by atoms with Crippen LogP contribution in [0.15, 0.2) is 18.3 Å². The van der Waals surface area contributed by atoms with Crippen molar-refractivity contribution < 1.29 is 19.0 Å². The third kappa shape index (κ3) is 4.02. The van der Waals surface area contributed by atoms with Gasteiger partial charge in [0.15, 0.2) is 5.82 Å². The number of rotatable bonds is 4. The Kier molecular flexibility index (Phi) is 5.58. The highest BCUT2D eigenvalue weighted by Crippen LogP contribution is 2.23. The van der Waals surface area contributed by atoms with E-state index >= 15 is 0 Å². The van der Waals surface area contributed by atoms with Gasteiger partial charge in [-0.05, 0) is 12.1 Å². The molecule has 2 aromatic heterocycles. The van der Waals surface area contributed by atoms with E-state index in [1.165, 1.54) is 7.11 Å². The second-order valence-corrected chi connectivity index (χ2v) is 6.38. The number of hydrogen-bond acceptors (Lipinski definition) is 10. The zero-order valence-corrected chi connectivity index (χ0v) is 15.7. The lowest BCUT2D eigenvalue weighted by molar-refractivity contribution is 0.0594. The molecule has 2 aliphatic rings. The van der Waals surface area contributed by atoms with E-state index in [9.17, 15) is 4.79 Å². The number of anilines is 2. The van der Waals surface area contributed by atoms with E-state index in [4.69, 9.17) is 19.2 Å². The smallest absolute Gasteiger partial charge is 0.356 e. The monoisotopic (exact) mass is 386 g/mol. The lowest BCUT2D eigenvalue weighted by Gasteiger charge is -2.30. The molecule has 28 heavy (non-hydrogen) atoms. The second kappa shape index (κ2) is 8.44. The van der Waals surface area contributed by atoms with Crippen LogP contribution in [0.4, 0.5) is 11.9 Å². The molecule has 10 heteroatoms. The summed E-state index contributed by atoms with van der Waals surface area (Å²) in [7, 11) is 1.33. The molecule has 0 aromatic carbocycles. The first-order valence-electron chi connectivity index (χ1n) is 9.21. The van der Waals surface area contributed by atoms with Crippen LogP contribution in [0.25, 0.3) is 11.4 Å². The highest BCUT2D eigenvalue weighted by molar-refractivity contribution is 5.88. The van der Waals surface area contributed by atoms with E-state index in [1.807, 2.05) is 0 Å². The van der Waals surface area contributed by atoms with Gasteiger partial charge in [-0.15, -0.1) is 0 Å². The van der Waals surface area contributed by atoms with E-state index in [2.05, 4.69) is 24.8 Å². The van der Waals surface area contributed by atoms with Crippen LogP contribution in [0.3, 0.4) is 0 Å². The third-order valence-electron chi connectivity index (χ3n) is 4.61. The molecule has 0 atom stereocenters. The average molecular weight is 386 g/mol. The molecule has 4 rings (SSSR count). The normalized spacial score (nSPS) is 17.5. The fourth-order valence-corrected chi connectivity index (χ4v) is 3.08. The lowest BCUT2D eigenvalue weighted by Crippen LogP contribution is -2.40. The van der Waals surface area contributed by atoms with Crippen molar-refractivity contribution in [3.05, 3.63) is 24.0 Å². The van der Waals surface area contributed by atoms with Crippen molar-refractivity contribution >= 4 is 17.9 Å². The zero-order chi connectivity index (χ0) is 19.3. The van der Waals surface area contributed by atoms with E-state index in [-0.39, 0.29) is 5.69 Å². The first-order chi connectivity index (χ1) is 13.7. The number of esters is 1. The van der Waals surface area contributed by atoms with Crippen LogP contribution in [0.1, 0.15) is 10.5 Å². The van der Waals surface area contributed by atoms with Crippen molar-refractivity contribution in [1.82, 2.24) is 19.9 Å². The van der Waals surface area contributed by atoms with Crippen molar-refractivity contribution in [2.24, 2.45) is 0 Å². The zero-order valence-electron chi connectivity index (χ0n) is 15.7. The molecule has 0 N–H and O–H groups in total. The van der Waals surface area contributed by atoms with Crippen LogP contribution in [0, 0.1) is 0 Å². The third-order valence-corrected chi connectivity index (χ3v) is 4.61. The molecule has 4 heterocycles. The minimum atomic E-state index is -0.502. The average Bonchev–Trinajstić information content (AvgIpc) is 2.79. The summed E-state index contributed by atoms with van der Waals surface area (Å²) in [6.45, 7) is 5.41. The first-order valence-corrected chi connectivity index (χ1v) is 9.21. The van der Waals surface area contributed by atoms with Gasteiger partial charge in [-0.2, -0.15) is 15.0 Å². The fourth-order valence-electron chi connectivity index (χ4n) is 3.08. The summed E-state index contributed by atoms with van der Waals surface area (Å²) >= 11 is 0. The van der Waals surface area contributed by atoms with Crippen molar-refractivity contribution in [2.75, 3.05) is 69.5 Å². The van der Waals surface area contributed by atoms with Gasteiger partial charge in [-0.1, -0.05) is 0 Å². The molecule has 2 aromatic rings.